The molecule has 3 rings (SSSR count). The van der Waals surface area contributed by atoms with E-state index in [-0.39, 0.29) is 0 Å². The molecule has 78 valence electrons. The van der Waals surface area contributed by atoms with E-state index in [2.05, 4.69) is 9.97 Å². The van der Waals surface area contributed by atoms with Gasteiger partial charge in [-0.25, -0.2) is 4.98 Å². The van der Waals surface area contributed by atoms with Crippen molar-refractivity contribution in [2.45, 2.75) is 25.7 Å². The molecule has 2 aliphatic rings. The first-order valence-corrected chi connectivity index (χ1v) is 5.58. The zero-order valence-electron chi connectivity index (χ0n) is 8.57. The van der Waals surface area contributed by atoms with E-state index in [0.717, 1.165) is 24.1 Å². The maximum Gasteiger partial charge on any atom is 0.162 e. The van der Waals surface area contributed by atoms with Crippen molar-refractivity contribution in [3.05, 3.63) is 23.8 Å². The Balaban J connectivity index is 1.87. The molecule has 0 bridgehead atoms. The molecule has 2 fully saturated rings. The van der Waals surface area contributed by atoms with Crippen LogP contribution in [0.2, 0.25) is 0 Å². The van der Waals surface area contributed by atoms with Crippen LogP contribution in [0.1, 0.15) is 31.4 Å². The Morgan fingerprint density at radius 1 is 1.47 bits per heavy atom. The van der Waals surface area contributed by atoms with Crippen molar-refractivity contribution in [3.8, 4) is 0 Å². The van der Waals surface area contributed by atoms with E-state index < -0.39 is 0 Å². The topological polar surface area (TPSA) is 45.8 Å². The van der Waals surface area contributed by atoms with Gasteiger partial charge in [0.05, 0.1) is 18.2 Å². The molecule has 0 radical (unpaired) electrons. The molecule has 0 amide bonds. The van der Waals surface area contributed by atoms with E-state index in [1.165, 1.54) is 12.8 Å². The molecule has 0 spiro atoms. The van der Waals surface area contributed by atoms with Crippen molar-refractivity contribution in [3.63, 3.8) is 0 Å². The third-order valence-electron chi connectivity index (χ3n) is 3.64. The highest BCUT2D eigenvalue weighted by atomic mass is 16.1. The van der Waals surface area contributed by atoms with Gasteiger partial charge in [0.1, 0.15) is 0 Å². The third kappa shape index (κ3) is 1.42. The number of imidazole rings is 1. The fourth-order valence-electron chi connectivity index (χ4n) is 2.91. The molecule has 1 aromatic rings. The van der Waals surface area contributed by atoms with Crippen LogP contribution >= 0.6 is 0 Å². The van der Waals surface area contributed by atoms with Crippen molar-refractivity contribution >= 4 is 11.9 Å². The highest BCUT2D eigenvalue weighted by molar-refractivity contribution is 6.03. The van der Waals surface area contributed by atoms with Gasteiger partial charge in [0.25, 0.3) is 0 Å². The molecule has 0 unspecified atom stereocenters. The summed E-state index contributed by atoms with van der Waals surface area (Å²) in [7, 11) is 0. The van der Waals surface area contributed by atoms with Crippen molar-refractivity contribution in [2.24, 2.45) is 11.8 Å². The Labute approximate surface area is 88.6 Å². The Morgan fingerprint density at radius 2 is 2.40 bits per heavy atom. The Hall–Kier alpha value is -1.38. The lowest BCUT2D eigenvalue weighted by molar-refractivity contribution is -0.118. The second-order valence-electron chi connectivity index (χ2n) is 4.54. The first-order valence-electron chi connectivity index (χ1n) is 5.58. The van der Waals surface area contributed by atoms with Crippen LogP contribution in [0, 0.1) is 11.8 Å². The number of rotatable bonds is 1. The lowest BCUT2D eigenvalue weighted by Crippen LogP contribution is -2.08. The molecule has 0 aliphatic heterocycles. The van der Waals surface area contributed by atoms with Crippen LogP contribution in [-0.4, -0.2) is 15.8 Å². The summed E-state index contributed by atoms with van der Waals surface area (Å²) >= 11 is 0. The van der Waals surface area contributed by atoms with Crippen molar-refractivity contribution in [1.82, 2.24) is 9.97 Å². The molecule has 0 aromatic carbocycles. The summed E-state index contributed by atoms with van der Waals surface area (Å²) < 4.78 is 0. The normalized spacial score (nSPS) is 32.5. The van der Waals surface area contributed by atoms with E-state index in [1.54, 1.807) is 12.5 Å². The summed E-state index contributed by atoms with van der Waals surface area (Å²) in [5.74, 6) is 1.35. The van der Waals surface area contributed by atoms with Gasteiger partial charge in [0.2, 0.25) is 0 Å². The first kappa shape index (κ1) is 8.89. The lowest BCUT2D eigenvalue weighted by atomic mass is 10.0. The zero-order chi connectivity index (χ0) is 10.3. The summed E-state index contributed by atoms with van der Waals surface area (Å²) in [4.78, 5) is 19.0. The standard InChI is InChI=1S/C12H14N2O/c15-12-9(5-10-6-13-7-14-10)4-8-2-1-3-11(8)12/h5-8,11H,1-4H2,(H,13,14)/t8-,11-/m1/s1. The molecular formula is C12H14N2O. The number of ketones is 1. The smallest absolute Gasteiger partial charge is 0.162 e. The monoisotopic (exact) mass is 202 g/mol. The van der Waals surface area contributed by atoms with E-state index in [9.17, 15) is 4.79 Å². The van der Waals surface area contributed by atoms with Gasteiger partial charge in [-0.1, -0.05) is 6.42 Å². The van der Waals surface area contributed by atoms with Gasteiger partial charge in [-0.15, -0.1) is 0 Å². The number of allylic oxidation sites excluding steroid dienone is 1. The predicted molar refractivity (Wildman–Crippen MR) is 57.0 cm³/mol. The van der Waals surface area contributed by atoms with Crippen LogP contribution in [0.25, 0.3) is 6.08 Å². The molecular weight excluding hydrogens is 188 g/mol. The fourth-order valence-corrected chi connectivity index (χ4v) is 2.91. The number of Topliss-reactive ketones (excluding diaryl/α,β-unsaturated/α-hetero) is 1. The van der Waals surface area contributed by atoms with Crippen LogP contribution in [0.5, 0.6) is 0 Å². The van der Waals surface area contributed by atoms with Crippen LogP contribution in [0.4, 0.5) is 0 Å². The highest BCUT2D eigenvalue weighted by Gasteiger charge is 2.40. The van der Waals surface area contributed by atoms with E-state index >= 15 is 0 Å². The number of aromatic amines is 1. The molecule has 2 saturated carbocycles. The van der Waals surface area contributed by atoms with Crippen LogP contribution in [-0.2, 0) is 4.79 Å². The number of hydrogen-bond acceptors (Lipinski definition) is 2. The number of nitrogens with one attached hydrogen (secondary N) is 1. The Kier molecular flexibility index (Phi) is 1.97. The predicted octanol–water partition coefficient (Wildman–Crippen LogP) is 2.18. The van der Waals surface area contributed by atoms with Gasteiger partial charge < -0.3 is 4.98 Å². The van der Waals surface area contributed by atoms with Gasteiger partial charge in [-0.2, -0.15) is 0 Å². The minimum atomic E-state index is 0.333. The number of carbonyl (C=O) groups is 1. The summed E-state index contributed by atoms with van der Waals surface area (Å²) in [5, 5.41) is 0. The maximum absolute atomic E-state index is 12.0. The number of nitrogens with zero attached hydrogens (tertiary/aromatic N) is 1. The molecule has 3 nitrogen and oxygen atoms in total. The van der Waals surface area contributed by atoms with Gasteiger partial charge >= 0.3 is 0 Å². The average molecular weight is 202 g/mol. The molecule has 0 saturated heterocycles. The maximum atomic E-state index is 12.0. The van der Waals surface area contributed by atoms with E-state index in [4.69, 9.17) is 0 Å². The quantitative estimate of drug-likeness (QED) is 0.709. The summed E-state index contributed by atoms with van der Waals surface area (Å²) in [5.41, 5.74) is 1.94. The van der Waals surface area contributed by atoms with Gasteiger partial charge in [0.15, 0.2) is 5.78 Å². The average Bonchev–Trinajstić information content (AvgIpc) is 2.89. The third-order valence-corrected chi connectivity index (χ3v) is 3.64. The number of aromatic nitrogens is 2. The fraction of sp³-hybridized carbons (Fsp3) is 0.500. The van der Waals surface area contributed by atoms with Crippen molar-refractivity contribution < 1.29 is 4.79 Å². The van der Waals surface area contributed by atoms with Crippen LogP contribution < -0.4 is 0 Å². The number of H-pyrrole nitrogens is 1. The SMILES string of the molecule is O=C1C(=Cc2cnc[nH]2)C[C@H]2CCC[C@@H]12. The summed E-state index contributed by atoms with van der Waals surface area (Å²) in [6.45, 7) is 0. The van der Waals surface area contributed by atoms with Crippen molar-refractivity contribution in [2.75, 3.05) is 0 Å². The van der Waals surface area contributed by atoms with Gasteiger partial charge in [-0.05, 0) is 36.8 Å². The minimum Gasteiger partial charge on any atom is -0.345 e. The number of hydrogen-bond donors (Lipinski definition) is 1. The van der Waals surface area contributed by atoms with Gasteiger partial charge in [-0.3, -0.25) is 4.79 Å². The molecule has 2 aliphatic carbocycles. The molecule has 15 heavy (non-hydrogen) atoms. The first-order chi connectivity index (χ1) is 7.34. The summed E-state index contributed by atoms with van der Waals surface area (Å²) in [6.07, 6.45) is 9.91. The molecule has 1 heterocycles. The lowest BCUT2D eigenvalue weighted by Gasteiger charge is -2.02. The Bertz CT molecular complexity index is 405. The summed E-state index contributed by atoms with van der Waals surface area (Å²) in [6, 6.07) is 0. The second-order valence-corrected chi connectivity index (χ2v) is 4.54. The molecule has 1 aromatic heterocycles. The molecule has 2 atom stereocenters. The second kappa shape index (κ2) is 3.33. The zero-order valence-corrected chi connectivity index (χ0v) is 8.57. The number of fused-ring (bicyclic) bond motifs is 1. The van der Waals surface area contributed by atoms with Crippen LogP contribution in [0.15, 0.2) is 18.1 Å². The van der Waals surface area contributed by atoms with E-state index in [0.29, 0.717) is 17.6 Å². The largest absolute Gasteiger partial charge is 0.345 e. The minimum absolute atomic E-state index is 0.333. The Morgan fingerprint density at radius 3 is 3.13 bits per heavy atom. The molecule has 3 heteroatoms. The number of carbonyl (C=O) groups excluding carboxylic acids is 1. The van der Waals surface area contributed by atoms with E-state index in [1.807, 2.05) is 6.08 Å². The molecule has 1 N–H and O–H groups in total. The van der Waals surface area contributed by atoms with Crippen molar-refractivity contribution in [1.29, 1.82) is 0 Å². The van der Waals surface area contributed by atoms with Gasteiger partial charge in [0, 0.05) is 5.92 Å². The van der Waals surface area contributed by atoms with Crippen LogP contribution in [0.3, 0.4) is 0 Å². The highest BCUT2D eigenvalue weighted by Crippen LogP contribution is 2.44.